The Balaban J connectivity index is 0.00000771. The van der Waals surface area contributed by atoms with Gasteiger partial charge in [-0.2, -0.15) is 5.10 Å². The second-order valence-corrected chi connectivity index (χ2v) is 17.8. The number of methoxy groups -OCH3 is 1. The number of nitrogens with zero attached hydrogens (tertiary/aromatic N) is 3. The molecule has 1 saturated carbocycles. The predicted octanol–water partition coefficient (Wildman–Crippen LogP) is 6.07. The third-order valence-corrected chi connectivity index (χ3v) is 13.5. The number of amides is 1. The van der Waals surface area contributed by atoms with E-state index in [1.165, 1.54) is 85.1 Å². The molecule has 2 aromatic rings. The zero-order valence-corrected chi connectivity index (χ0v) is 39.0. The fourth-order valence-electron chi connectivity index (χ4n) is 9.47. The number of aliphatic hydroxyl groups excluding tert-OH is 2. The third kappa shape index (κ3) is 9.86. The number of hydrogen-bond donors (Lipinski definition) is 6. The van der Waals surface area contributed by atoms with Crippen LogP contribution in [0.3, 0.4) is 0 Å². The number of hydrogen-bond acceptors (Lipinski definition) is 15. The molecular weight excluding hydrogens is 848 g/mol. The first-order chi connectivity index (χ1) is 29.8. The largest absolute Gasteiger partial charge is 0.507 e. The number of fused-ring (bicyclic) bond motifs is 14. The summed E-state index contributed by atoms with van der Waals surface area (Å²) in [6, 6.07) is 0.553. The molecule has 5 bridgehead atoms. The number of esters is 1. The topological polar surface area (TPSA) is 220 Å². The normalized spacial score (nSPS) is 31.9. The van der Waals surface area contributed by atoms with E-state index in [2.05, 4.69) is 15.3 Å². The Morgan fingerprint density at radius 1 is 0.922 bits per heavy atom. The molecule has 7 rings (SSSR count). The molecule has 2 fully saturated rings. The molecule has 17 heteroatoms. The minimum absolute atomic E-state index is 0. The van der Waals surface area contributed by atoms with Crippen LogP contribution < -0.4 is 10.1 Å². The van der Waals surface area contributed by atoms with Crippen LogP contribution in [0.15, 0.2) is 41.2 Å². The van der Waals surface area contributed by atoms with Gasteiger partial charge >= 0.3 is 11.8 Å². The number of hydrazone groups is 1. The Kier molecular flexibility index (Phi) is 16.1. The van der Waals surface area contributed by atoms with Crippen molar-refractivity contribution in [3.05, 3.63) is 52.8 Å². The van der Waals surface area contributed by atoms with Gasteiger partial charge in [0.25, 0.3) is 11.7 Å². The van der Waals surface area contributed by atoms with E-state index in [0.717, 1.165) is 13.1 Å². The number of Topliss-reactive ketones (excluding diaryl/α,β-unsaturated/α-hetero) is 1. The minimum Gasteiger partial charge on any atom is -0.507 e. The number of ketones is 1. The molecule has 5 aliphatic rings. The van der Waals surface area contributed by atoms with Crippen LogP contribution in [-0.2, 0) is 23.8 Å². The highest BCUT2D eigenvalue weighted by Gasteiger charge is 2.50. The molecule has 4 heterocycles. The monoisotopic (exact) mass is 912 g/mol. The SMILES string of the molecule is CO[C@H]1/C=C/O[C@@]2(C)Oc3c(C)c(O)c4c(O)c(c(/C=N/N5CCN(C6CCCC6)CC5)c(O)c4c3C2=O)NC(=O)/C(C)=C\C=C\[C@H](C)[C@H](O)[C@@H](C)[C@@H](O)[C@@H](C)[C@H](OC(C)=O)[C@H]1C.Cl. The van der Waals surface area contributed by atoms with Gasteiger partial charge in [-0.3, -0.25) is 24.3 Å². The molecule has 4 aliphatic heterocycles. The molecule has 0 aromatic heterocycles. The van der Waals surface area contributed by atoms with Gasteiger partial charge < -0.3 is 49.8 Å². The molecule has 16 nitrogen and oxygen atoms in total. The second-order valence-electron chi connectivity index (χ2n) is 17.8. The Morgan fingerprint density at radius 2 is 1.58 bits per heavy atom. The van der Waals surface area contributed by atoms with E-state index in [4.69, 9.17) is 18.9 Å². The van der Waals surface area contributed by atoms with Crippen LogP contribution in [0.25, 0.3) is 10.8 Å². The van der Waals surface area contributed by atoms with Crippen LogP contribution >= 0.6 is 12.4 Å². The highest BCUT2D eigenvalue weighted by molar-refractivity contribution is 6.23. The van der Waals surface area contributed by atoms with Gasteiger partial charge in [-0.25, -0.2) is 0 Å². The second kappa shape index (κ2) is 20.5. The van der Waals surface area contributed by atoms with E-state index in [-0.39, 0.29) is 56.9 Å². The Bertz CT molecular complexity index is 2200. The Hall–Kier alpha value is -4.87. The number of aliphatic hydroxyl groups is 2. The van der Waals surface area contributed by atoms with Gasteiger partial charge in [0.1, 0.15) is 23.4 Å². The molecule has 1 aliphatic carbocycles. The zero-order valence-electron chi connectivity index (χ0n) is 38.2. The van der Waals surface area contributed by atoms with E-state index in [1.54, 1.807) is 39.8 Å². The number of halogens is 1. The Morgan fingerprint density at radius 3 is 2.20 bits per heavy atom. The summed E-state index contributed by atoms with van der Waals surface area (Å²) in [6.07, 6.45) is 9.75. The zero-order chi connectivity index (χ0) is 46.1. The van der Waals surface area contributed by atoms with Crippen molar-refractivity contribution in [2.45, 2.75) is 117 Å². The maximum atomic E-state index is 14.5. The van der Waals surface area contributed by atoms with Crippen molar-refractivity contribution in [2.24, 2.45) is 28.8 Å². The summed E-state index contributed by atoms with van der Waals surface area (Å²) in [5, 5.41) is 67.6. The molecule has 0 spiro atoms. The number of nitrogens with one attached hydrogen (secondary N) is 1. The molecule has 2 aromatic carbocycles. The number of benzene rings is 2. The lowest BCUT2D eigenvalue weighted by molar-refractivity contribution is -0.160. The van der Waals surface area contributed by atoms with Crippen LogP contribution in [0.1, 0.15) is 95.6 Å². The number of ether oxygens (including phenoxy) is 4. The highest BCUT2D eigenvalue weighted by Crippen LogP contribution is 2.55. The number of allylic oxidation sites excluding steroid dienone is 2. The molecule has 1 saturated heterocycles. The molecule has 0 radical (unpaired) electrons. The van der Waals surface area contributed by atoms with Crippen molar-refractivity contribution in [3.8, 4) is 23.0 Å². The molecule has 9 atom stereocenters. The number of rotatable bonds is 5. The molecule has 352 valence electrons. The first-order valence-electron chi connectivity index (χ1n) is 21.9. The third-order valence-electron chi connectivity index (χ3n) is 13.5. The number of phenols is 3. The van der Waals surface area contributed by atoms with Crippen molar-refractivity contribution in [1.29, 1.82) is 0 Å². The maximum absolute atomic E-state index is 14.5. The summed E-state index contributed by atoms with van der Waals surface area (Å²) in [4.78, 5) is 43.2. The fourth-order valence-corrected chi connectivity index (χ4v) is 9.47. The van der Waals surface area contributed by atoms with E-state index >= 15 is 0 Å². The minimum atomic E-state index is -2.04. The fraction of sp³-hybridized carbons (Fsp3) is 0.574. The van der Waals surface area contributed by atoms with E-state index in [1.807, 2.05) is 5.01 Å². The van der Waals surface area contributed by atoms with E-state index in [9.17, 15) is 39.9 Å². The van der Waals surface area contributed by atoms with Crippen molar-refractivity contribution in [3.63, 3.8) is 0 Å². The van der Waals surface area contributed by atoms with E-state index < -0.39 is 88.8 Å². The lowest BCUT2D eigenvalue weighted by Crippen LogP contribution is -2.47. The average Bonchev–Trinajstić information content (AvgIpc) is 3.89. The lowest BCUT2D eigenvalue weighted by atomic mass is 9.78. The quantitative estimate of drug-likeness (QED) is 0.0869. The number of carbonyl (C=O) groups is 3. The summed E-state index contributed by atoms with van der Waals surface area (Å²) >= 11 is 0. The van der Waals surface area contributed by atoms with Gasteiger partial charge in [-0.15, -0.1) is 12.4 Å². The summed E-state index contributed by atoms with van der Waals surface area (Å²) in [5.41, 5.74) is -0.293. The van der Waals surface area contributed by atoms with Crippen LogP contribution in [0, 0.1) is 30.6 Å². The highest BCUT2D eigenvalue weighted by atomic mass is 35.5. The van der Waals surface area contributed by atoms with Gasteiger partial charge in [0.2, 0.25) is 0 Å². The summed E-state index contributed by atoms with van der Waals surface area (Å²) in [5.74, 6) is -8.28. The Labute approximate surface area is 381 Å². The van der Waals surface area contributed by atoms with Gasteiger partial charge in [-0.05, 0) is 32.8 Å². The van der Waals surface area contributed by atoms with Gasteiger partial charge in [0, 0.05) is 93.4 Å². The number of anilines is 1. The van der Waals surface area contributed by atoms with Crippen molar-refractivity contribution >= 4 is 52.7 Å². The average molecular weight is 914 g/mol. The molecule has 64 heavy (non-hydrogen) atoms. The summed E-state index contributed by atoms with van der Waals surface area (Å²) in [7, 11) is 1.44. The van der Waals surface area contributed by atoms with Gasteiger partial charge in [0.05, 0.1) is 53.0 Å². The molecule has 1 amide bonds. The first kappa shape index (κ1) is 50.1. The number of piperazine rings is 1. The van der Waals surface area contributed by atoms with Crippen molar-refractivity contribution < 1.29 is 58.9 Å². The lowest BCUT2D eigenvalue weighted by Gasteiger charge is -2.38. The predicted molar refractivity (Wildman–Crippen MR) is 244 cm³/mol. The van der Waals surface area contributed by atoms with Crippen LogP contribution in [0.5, 0.6) is 23.0 Å². The van der Waals surface area contributed by atoms with Crippen LogP contribution in [0.4, 0.5) is 5.69 Å². The smallest absolute Gasteiger partial charge is 0.312 e. The summed E-state index contributed by atoms with van der Waals surface area (Å²) in [6.45, 7) is 15.4. The molecular formula is C47H65ClN4O12. The number of aromatic hydroxyl groups is 3. The summed E-state index contributed by atoms with van der Waals surface area (Å²) < 4.78 is 23.7. The molecule has 6 N–H and O–H groups in total. The maximum Gasteiger partial charge on any atom is 0.312 e. The number of carbonyl (C=O) groups excluding carboxylic acids is 3. The first-order valence-corrected chi connectivity index (χ1v) is 21.9. The van der Waals surface area contributed by atoms with Crippen molar-refractivity contribution in [1.82, 2.24) is 9.91 Å². The number of phenolic OH excluding ortho intramolecular Hbond substituents is 3. The van der Waals surface area contributed by atoms with Crippen molar-refractivity contribution in [2.75, 3.05) is 38.6 Å². The standard InChI is InChI=1S/C47H64N4O12.ClH/c1-24-13-12-14-25(2)46(59)49-37-32(23-48-51-20-18-50(19-21-51)31-15-10-11-16-31)41(56)34-35(42(37)57)40(55)29(6)44-36(34)45(58)47(8,63-44)61-22-17-33(60-9)26(3)43(62-30(7)52)28(5)39(54)27(4)38(24)53;/h12-14,17,22-24,26-28,31,33,38-39,43,53-57H,10-11,15-16,18-21H2,1-9H3,(H,49,59);1H/b13-12+,22-17+,25-14-,48-23+;/t24-,26-,27+,28+,33-,38-,39+,43+,47-;/m0./s1. The van der Waals surface area contributed by atoms with Gasteiger partial charge in [0.15, 0.2) is 5.75 Å². The van der Waals surface area contributed by atoms with E-state index in [0.29, 0.717) is 19.1 Å². The van der Waals surface area contributed by atoms with Crippen LogP contribution in [-0.4, -0.2) is 129 Å². The van der Waals surface area contributed by atoms with Gasteiger partial charge in [-0.1, -0.05) is 58.8 Å². The van der Waals surface area contributed by atoms with Crippen LogP contribution in [0.2, 0.25) is 0 Å². The molecule has 0 unspecified atom stereocenters.